The summed E-state index contributed by atoms with van der Waals surface area (Å²) in [6.45, 7) is 6.88. The summed E-state index contributed by atoms with van der Waals surface area (Å²) in [5.74, 6) is 1.29. The maximum absolute atomic E-state index is 11.9. The van der Waals surface area contributed by atoms with Crippen LogP contribution in [0.25, 0.3) is 0 Å². The SMILES string of the molecule is CC(C)(C)C1CCC(NC(=O)NNc2ccc(Cl)cn2)CC1. The topological polar surface area (TPSA) is 66.1 Å². The van der Waals surface area contributed by atoms with Gasteiger partial charge in [-0.3, -0.25) is 10.9 Å². The summed E-state index contributed by atoms with van der Waals surface area (Å²) < 4.78 is 0. The highest BCUT2D eigenvalue weighted by molar-refractivity contribution is 6.30. The van der Waals surface area contributed by atoms with Gasteiger partial charge in [-0.1, -0.05) is 32.4 Å². The van der Waals surface area contributed by atoms with Crippen LogP contribution in [0.15, 0.2) is 18.3 Å². The minimum absolute atomic E-state index is 0.226. The zero-order chi connectivity index (χ0) is 16.2. The van der Waals surface area contributed by atoms with E-state index in [4.69, 9.17) is 11.6 Å². The van der Waals surface area contributed by atoms with Crippen molar-refractivity contribution < 1.29 is 4.79 Å². The first-order chi connectivity index (χ1) is 10.3. The number of nitrogens with one attached hydrogen (secondary N) is 3. The van der Waals surface area contributed by atoms with Gasteiger partial charge in [-0.25, -0.2) is 9.78 Å². The summed E-state index contributed by atoms with van der Waals surface area (Å²) in [7, 11) is 0. The Morgan fingerprint density at radius 2 is 1.91 bits per heavy atom. The lowest BCUT2D eigenvalue weighted by Gasteiger charge is -2.37. The molecule has 6 heteroatoms. The van der Waals surface area contributed by atoms with Crippen LogP contribution in [0.3, 0.4) is 0 Å². The number of amides is 2. The van der Waals surface area contributed by atoms with Gasteiger partial charge < -0.3 is 5.32 Å². The maximum atomic E-state index is 11.9. The quantitative estimate of drug-likeness (QED) is 0.737. The molecule has 1 fully saturated rings. The number of rotatable bonds is 3. The number of anilines is 1. The molecule has 1 heterocycles. The van der Waals surface area contributed by atoms with Crippen molar-refractivity contribution >= 4 is 23.4 Å². The number of hydrogen-bond acceptors (Lipinski definition) is 3. The second kappa shape index (κ2) is 7.18. The molecule has 5 nitrogen and oxygen atoms in total. The highest BCUT2D eigenvalue weighted by Gasteiger charge is 2.30. The Bertz CT molecular complexity index is 490. The first kappa shape index (κ1) is 16.9. The smallest absolute Gasteiger partial charge is 0.333 e. The van der Waals surface area contributed by atoms with Gasteiger partial charge in [-0.05, 0) is 49.1 Å². The van der Waals surface area contributed by atoms with E-state index in [1.54, 1.807) is 12.1 Å². The normalized spacial score (nSPS) is 22.0. The Balaban J connectivity index is 1.71. The average molecular weight is 325 g/mol. The van der Waals surface area contributed by atoms with Crippen molar-refractivity contribution in [1.29, 1.82) is 0 Å². The van der Waals surface area contributed by atoms with Crippen LogP contribution in [0.4, 0.5) is 10.6 Å². The Labute approximate surface area is 137 Å². The molecule has 1 saturated carbocycles. The minimum Gasteiger partial charge on any atom is -0.334 e. The Morgan fingerprint density at radius 3 is 2.45 bits per heavy atom. The van der Waals surface area contributed by atoms with Crippen LogP contribution in [-0.4, -0.2) is 17.1 Å². The monoisotopic (exact) mass is 324 g/mol. The van der Waals surface area contributed by atoms with Gasteiger partial charge in [0.25, 0.3) is 0 Å². The third-order valence-electron chi connectivity index (χ3n) is 4.32. The molecule has 0 spiro atoms. The van der Waals surface area contributed by atoms with E-state index < -0.39 is 0 Å². The number of carbonyl (C=O) groups is 1. The van der Waals surface area contributed by atoms with Crippen molar-refractivity contribution in [3.63, 3.8) is 0 Å². The van der Waals surface area contributed by atoms with Gasteiger partial charge in [0.05, 0.1) is 5.02 Å². The van der Waals surface area contributed by atoms with Gasteiger partial charge in [0.15, 0.2) is 0 Å². The number of halogens is 1. The number of carbonyl (C=O) groups excluding carboxylic acids is 1. The fraction of sp³-hybridized carbons (Fsp3) is 0.625. The number of aromatic nitrogens is 1. The molecule has 1 aliphatic rings. The standard InChI is InChI=1S/C16H25ClN4O/c1-16(2,3)11-4-7-13(8-5-11)19-15(22)21-20-14-9-6-12(17)10-18-14/h6,9-11,13H,4-5,7-8H2,1-3H3,(H,18,20)(H2,19,21,22). The van der Waals surface area contributed by atoms with E-state index in [9.17, 15) is 4.79 Å². The fourth-order valence-corrected chi connectivity index (χ4v) is 3.01. The molecule has 1 aromatic heterocycles. The van der Waals surface area contributed by atoms with E-state index in [0.29, 0.717) is 16.3 Å². The van der Waals surface area contributed by atoms with Gasteiger partial charge >= 0.3 is 6.03 Å². The molecule has 2 amide bonds. The predicted octanol–water partition coefficient (Wildman–Crippen LogP) is 3.97. The first-order valence-corrected chi connectivity index (χ1v) is 8.16. The van der Waals surface area contributed by atoms with Gasteiger partial charge in [-0.2, -0.15) is 0 Å². The molecule has 0 bridgehead atoms. The number of nitrogens with zero attached hydrogens (tertiary/aromatic N) is 1. The number of pyridine rings is 1. The first-order valence-electron chi connectivity index (χ1n) is 7.78. The number of urea groups is 1. The largest absolute Gasteiger partial charge is 0.334 e. The van der Waals surface area contributed by atoms with Crippen LogP contribution in [0.5, 0.6) is 0 Å². The van der Waals surface area contributed by atoms with Crippen LogP contribution in [0.2, 0.25) is 5.02 Å². The highest BCUT2D eigenvalue weighted by Crippen LogP contribution is 2.37. The van der Waals surface area contributed by atoms with Crippen LogP contribution in [-0.2, 0) is 0 Å². The molecule has 0 aromatic carbocycles. The second-order valence-corrected chi connectivity index (χ2v) is 7.44. The fourth-order valence-electron chi connectivity index (χ4n) is 2.90. The summed E-state index contributed by atoms with van der Waals surface area (Å²) in [5, 5.41) is 3.57. The molecule has 0 aliphatic heterocycles. The maximum Gasteiger partial charge on any atom is 0.333 e. The molecule has 1 aliphatic carbocycles. The number of hydrazine groups is 1. The summed E-state index contributed by atoms with van der Waals surface area (Å²) in [4.78, 5) is 15.9. The molecule has 0 saturated heterocycles. The molecular weight excluding hydrogens is 300 g/mol. The number of hydrogen-bond donors (Lipinski definition) is 3. The lowest BCUT2D eigenvalue weighted by atomic mass is 9.71. The van der Waals surface area contributed by atoms with Crippen molar-refractivity contribution in [1.82, 2.24) is 15.7 Å². The van der Waals surface area contributed by atoms with Gasteiger partial charge in [0, 0.05) is 12.2 Å². The summed E-state index contributed by atoms with van der Waals surface area (Å²) in [6.07, 6.45) is 5.93. The van der Waals surface area contributed by atoms with Crippen LogP contribution >= 0.6 is 11.6 Å². The lowest BCUT2D eigenvalue weighted by Crippen LogP contribution is -2.46. The van der Waals surface area contributed by atoms with E-state index in [-0.39, 0.29) is 12.1 Å². The zero-order valence-corrected chi connectivity index (χ0v) is 14.2. The highest BCUT2D eigenvalue weighted by atomic mass is 35.5. The molecule has 2 rings (SSSR count). The van der Waals surface area contributed by atoms with Gasteiger partial charge in [0.2, 0.25) is 0 Å². The van der Waals surface area contributed by atoms with Gasteiger partial charge in [0.1, 0.15) is 5.82 Å². The van der Waals surface area contributed by atoms with E-state index >= 15 is 0 Å². The molecule has 0 radical (unpaired) electrons. The van der Waals surface area contributed by atoms with Crippen LogP contribution in [0.1, 0.15) is 46.5 Å². The molecule has 1 aromatic rings. The van der Waals surface area contributed by atoms with Gasteiger partial charge in [-0.15, -0.1) is 0 Å². The second-order valence-electron chi connectivity index (χ2n) is 7.00. The zero-order valence-electron chi connectivity index (χ0n) is 13.4. The van der Waals surface area contributed by atoms with E-state index in [1.807, 2.05) is 0 Å². The van der Waals surface area contributed by atoms with E-state index in [1.165, 1.54) is 19.0 Å². The van der Waals surface area contributed by atoms with Crippen molar-refractivity contribution in [2.24, 2.45) is 11.3 Å². The predicted molar refractivity (Wildman–Crippen MR) is 89.7 cm³/mol. The summed E-state index contributed by atoms with van der Waals surface area (Å²) in [5.41, 5.74) is 5.72. The molecule has 3 N–H and O–H groups in total. The lowest BCUT2D eigenvalue weighted by molar-refractivity contribution is 0.160. The summed E-state index contributed by atoms with van der Waals surface area (Å²) in [6, 6.07) is 3.44. The van der Waals surface area contributed by atoms with E-state index in [0.717, 1.165) is 18.8 Å². The van der Waals surface area contributed by atoms with Crippen LogP contribution in [0, 0.1) is 11.3 Å². The van der Waals surface area contributed by atoms with E-state index in [2.05, 4.69) is 41.9 Å². The van der Waals surface area contributed by atoms with Crippen LogP contribution < -0.4 is 16.2 Å². The Kier molecular flexibility index (Phi) is 5.51. The summed E-state index contributed by atoms with van der Waals surface area (Å²) >= 11 is 5.76. The molecular formula is C16H25ClN4O. The molecule has 22 heavy (non-hydrogen) atoms. The molecule has 0 unspecified atom stereocenters. The van der Waals surface area contributed by atoms with Crippen molar-refractivity contribution in [3.05, 3.63) is 23.4 Å². The van der Waals surface area contributed by atoms with Crippen molar-refractivity contribution in [2.75, 3.05) is 5.43 Å². The Morgan fingerprint density at radius 1 is 1.23 bits per heavy atom. The third-order valence-corrected chi connectivity index (χ3v) is 4.54. The Hall–Kier alpha value is -1.49. The minimum atomic E-state index is -0.226. The third kappa shape index (κ3) is 5.05. The molecule has 122 valence electrons. The average Bonchev–Trinajstić information content (AvgIpc) is 2.46. The van der Waals surface area contributed by atoms with Crippen molar-refractivity contribution in [2.45, 2.75) is 52.5 Å². The van der Waals surface area contributed by atoms with Crippen molar-refractivity contribution in [3.8, 4) is 0 Å². The molecule has 0 atom stereocenters.